The summed E-state index contributed by atoms with van der Waals surface area (Å²) in [7, 11) is 0. The topological polar surface area (TPSA) is 29.5 Å². The lowest BCUT2D eigenvalue weighted by atomic mass is 9.65. The fourth-order valence-electron chi connectivity index (χ4n) is 4.78. The van der Waals surface area contributed by atoms with Crippen LogP contribution in [0.15, 0.2) is 18.2 Å². The van der Waals surface area contributed by atoms with Gasteiger partial charge in [0.2, 0.25) is 0 Å². The van der Waals surface area contributed by atoms with Gasteiger partial charge >= 0.3 is 0 Å². The maximum atomic E-state index is 13.3. The van der Waals surface area contributed by atoms with Gasteiger partial charge in [-0.25, -0.2) is 4.39 Å². The zero-order valence-electron chi connectivity index (χ0n) is 12.4. The molecule has 1 heterocycles. The zero-order chi connectivity index (χ0) is 14.5. The number of fused-ring (bicyclic) bond motifs is 1. The third-order valence-electron chi connectivity index (χ3n) is 6.11. The summed E-state index contributed by atoms with van der Waals surface area (Å²) in [5.41, 5.74) is 0.947. The van der Waals surface area contributed by atoms with Crippen molar-refractivity contribution in [3.05, 3.63) is 29.6 Å². The minimum Gasteiger partial charge on any atom is -0.487 e. The van der Waals surface area contributed by atoms with Gasteiger partial charge in [0.15, 0.2) is 0 Å². The van der Waals surface area contributed by atoms with E-state index in [0.29, 0.717) is 23.1 Å². The number of benzene rings is 1. The van der Waals surface area contributed by atoms with Crippen molar-refractivity contribution in [2.75, 3.05) is 0 Å². The van der Waals surface area contributed by atoms with Crippen molar-refractivity contribution in [1.82, 2.24) is 0 Å². The summed E-state index contributed by atoms with van der Waals surface area (Å²) in [6.45, 7) is 0. The van der Waals surface area contributed by atoms with Crippen molar-refractivity contribution in [2.45, 2.75) is 69.5 Å². The van der Waals surface area contributed by atoms with Crippen molar-refractivity contribution < 1.29 is 14.2 Å². The Morgan fingerprint density at radius 2 is 1.76 bits per heavy atom. The van der Waals surface area contributed by atoms with Crippen molar-refractivity contribution in [1.29, 1.82) is 0 Å². The van der Waals surface area contributed by atoms with E-state index in [-0.39, 0.29) is 11.4 Å². The number of aliphatic hydroxyl groups excluding tert-OH is 1. The van der Waals surface area contributed by atoms with Crippen molar-refractivity contribution in [3.8, 4) is 5.75 Å². The molecule has 0 amide bonds. The fourth-order valence-corrected chi connectivity index (χ4v) is 4.78. The molecule has 1 N–H and O–H groups in total. The van der Waals surface area contributed by atoms with Gasteiger partial charge in [-0.2, -0.15) is 0 Å². The average Bonchev–Trinajstić information content (AvgIpc) is 2.93. The molecule has 0 aromatic heterocycles. The van der Waals surface area contributed by atoms with Crippen molar-refractivity contribution >= 4 is 0 Å². The molecule has 1 aromatic rings. The van der Waals surface area contributed by atoms with E-state index in [9.17, 15) is 9.50 Å². The molecule has 2 saturated carbocycles. The summed E-state index contributed by atoms with van der Waals surface area (Å²) in [5, 5.41) is 10.4. The maximum absolute atomic E-state index is 13.3. The Morgan fingerprint density at radius 3 is 2.48 bits per heavy atom. The molecule has 1 aromatic carbocycles. The normalized spacial score (nSPS) is 29.3. The molecule has 1 aliphatic heterocycles. The first-order valence-electron chi connectivity index (χ1n) is 8.27. The summed E-state index contributed by atoms with van der Waals surface area (Å²) in [6, 6.07) is 4.51. The van der Waals surface area contributed by atoms with Crippen LogP contribution in [0.4, 0.5) is 4.39 Å². The molecule has 4 rings (SSSR count). The van der Waals surface area contributed by atoms with Gasteiger partial charge in [-0.15, -0.1) is 0 Å². The highest BCUT2D eigenvalue weighted by Gasteiger charge is 2.48. The number of hydrogen-bond acceptors (Lipinski definition) is 2. The van der Waals surface area contributed by atoms with Gasteiger partial charge < -0.3 is 9.84 Å². The number of halogens is 1. The van der Waals surface area contributed by atoms with E-state index >= 15 is 0 Å². The lowest BCUT2D eigenvalue weighted by molar-refractivity contribution is -0.0623. The minimum absolute atomic E-state index is 0.224. The number of rotatable bonds is 0. The number of aliphatic hydroxyl groups is 1. The van der Waals surface area contributed by atoms with E-state index in [0.717, 1.165) is 12.8 Å². The van der Waals surface area contributed by atoms with Crippen molar-refractivity contribution in [3.63, 3.8) is 0 Å². The SMILES string of the molecule is O[C@@H]1CC2(CCC3(CCCC3)CC2)Oc2ccc(F)cc21. The van der Waals surface area contributed by atoms with E-state index in [1.165, 1.54) is 50.7 Å². The Bertz CT molecular complexity index is 538. The smallest absolute Gasteiger partial charge is 0.126 e. The lowest BCUT2D eigenvalue weighted by Gasteiger charge is -2.48. The predicted octanol–water partition coefficient (Wildman–Crippen LogP) is 4.51. The van der Waals surface area contributed by atoms with Crippen LogP contribution in [0.1, 0.15) is 69.5 Å². The summed E-state index contributed by atoms with van der Waals surface area (Å²) in [5.74, 6) is 0.374. The van der Waals surface area contributed by atoms with Crippen LogP contribution < -0.4 is 4.74 Å². The first-order valence-corrected chi connectivity index (χ1v) is 8.27. The first-order chi connectivity index (χ1) is 10.1. The molecule has 114 valence electrons. The molecule has 3 heteroatoms. The standard InChI is InChI=1S/C18H23FO2/c19-13-3-4-16-14(11-13)15(20)12-18(21-16)9-7-17(8-10-18)5-1-2-6-17/h3-4,11,15,20H,1-2,5-10,12H2/t15-/m1/s1. The summed E-state index contributed by atoms with van der Waals surface area (Å²) < 4.78 is 19.6. The highest BCUT2D eigenvalue weighted by Crippen LogP contribution is 2.55. The Morgan fingerprint density at radius 1 is 1.05 bits per heavy atom. The van der Waals surface area contributed by atoms with Crippen LogP contribution in [0, 0.1) is 11.2 Å². The van der Waals surface area contributed by atoms with Crippen LogP contribution in [0.3, 0.4) is 0 Å². The molecular weight excluding hydrogens is 267 g/mol. The van der Waals surface area contributed by atoms with Gasteiger partial charge in [0.25, 0.3) is 0 Å². The highest BCUT2D eigenvalue weighted by molar-refractivity contribution is 5.38. The summed E-state index contributed by atoms with van der Waals surface area (Å²) in [6.07, 6.45) is 9.99. The molecule has 1 atom stereocenters. The van der Waals surface area contributed by atoms with E-state index in [2.05, 4.69) is 0 Å². The second-order valence-corrected chi connectivity index (χ2v) is 7.39. The molecule has 0 bridgehead atoms. The van der Waals surface area contributed by atoms with Gasteiger partial charge in [-0.1, -0.05) is 12.8 Å². The summed E-state index contributed by atoms with van der Waals surface area (Å²) in [4.78, 5) is 0. The van der Waals surface area contributed by atoms with E-state index in [4.69, 9.17) is 4.74 Å². The van der Waals surface area contributed by atoms with Gasteiger partial charge in [0.05, 0.1) is 6.10 Å². The van der Waals surface area contributed by atoms with Gasteiger partial charge in [-0.3, -0.25) is 0 Å². The lowest BCUT2D eigenvalue weighted by Crippen LogP contribution is -2.46. The fraction of sp³-hybridized carbons (Fsp3) is 0.667. The molecule has 2 spiro atoms. The Labute approximate surface area is 125 Å². The van der Waals surface area contributed by atoms with Crippen LogP contribution in [0.2, 0.25) is 0 Å². The second kappa shape index (κ2) is 4.70. The van der Waals surface area contributed by atoms with Crippen LogP contribution >= 0.6 is 0 Å². The van der Waals surface area contributed by atoms with E-state index < -0.39 is 6.10 Å². The minimum atomic E-state index is -0.595. The van der Waals surface area contributed by atoms with Gasteiger partial charge in [0, 0.05) is 12.0 Å². The Kier molecular flexibility index (Phi) is 3.04. The number of hydrogen-bond donors (Lipinski definition) is 1. The first kappa shape index (κ1) is 13.6. The van der Waals surface area contributed by atoms with Crippen LogP contribution in [-0.4, -0.2) is 10.7 Å². The average molecular weight is 290 g/mol. The summed E-state index contributed by atoms with van der Waals surface area (Å²) >= 11 is 0. The molecule has 0 unspecified atom stereocenters. The molecule has 21 heavy (non-hydrogen) atoms. The van der Waals surface area contributed by atoms with Gasteiger partial charge in [0.1, 0.15) is 17.2 Å². The van der Waals surface area contributed by atoms with Gasteiger partial charge in [-0.05, 0) is 62.1 Å². The molecule has 0 radical (unpaired) electrons. The number of ether oxygens (including phenoxy) is 1. The van der Waals surface area contributed by atoms with E-state index in [1.807, 2.05) is 0 Å². The Hall–Kier alpha value is -1.09. The van der Waals surface area contributed by atoms with Crippen LogP contribution in [0.5, 0.6) is 5.75 Å². The quantitative estimate of drug-likeness (QED) is 0.761. The molecule has 2 fully saturated rings. The maximum Gasteiger partial charge on any atom is 0.126 e. The molecule has 0 saturated heterocycles. The zero-order valence-corrected chi connectivity index (χ0v) is 12.4. The molecular formula is C18H23FO2. The van der Waals surface area contributed by atoms with Crippen molar-refractivity contribution in [2.24, 2.45) is 5.41 Å². The molecule has 2 aliphatic carbocycles. The highest BCUT2D eigenvalue weighted by atomic mass is 19.1. The largest absolute Gasteiger partial charge is 0.487 e. The predicted molar refractivity (Wildman–Crippen MR) is 78.7 cm³/mol. The Balaban J connectivity index is 1.56. The van der Waals surface area contributed by atoms with Crippen LogP contribution in [0.25, 0.3) is 0 Å². The third kappa shape index (κ3) is 2.26. The third-order valence-corrected chi connectivity index (χ3v) is 6.11. The monoisotopic (exact) mass is 290 g/mol. The van der Waals surface area contributed by atoms with Crippen LogP contribution in [-0.2, 0) is 0 Å². The molecule has 2 nitrogen and oxygen atoms in total. The van der Waals surface area contributed by atoms with E-state index in [1.54, 1.807) is 6.07 Å². The second-order valence-electron chi connectivity index (χ2n) is 7.39. The molecule has 3 aliphatic rings.